The molecular weight excluding hydrogens is 232 g/mol. The van der Waals surface area contributed by atoms with Crippen LogP contribution in [0.15, 0.2) is 12.4 Å². The van der Waals surface area contributed by atoms with Gasteiger partial charge in [0.25, 0.3) is 0 Å². The molecule has 1 saturated heterocycles. The summed E-state index contributed by atoms with van der Waals surface area (Å²) in [5, 5.41) is 8.67. The van der Waals surface area contributed by atoms with E-state index in [0.29, 0.717) is 11.5 Å². The molecular formula is C12H18N4O2. The quantitative estimate of drug-likeness (QED) is 0.826. The van der Waals surface area contributed by atoms with Crippen LogP contribution in [0.25, 0.3) is 0 Å². The molecule has 0 amide bonds. The molecule has 18 heavy (non-hydrogen) atoms. The van der Waals surface area contributed by atoms with Crippen LogP contribution in [0.5, 0.6) is 0 Å². The van der Waals surface area contributed by atoms with Gasteiger partial charge in [0.2, 0.25) is 5.95 Å². The third kappa shape index (κ3) is 3.16. The summed E-state index contributed by atoms with van der Waals surface area (Å²) in [6, 6.07) is -0.544. The number of nitrogens with two attached hydrogens (primary N) is 1. The van der Waals surface area contributed by atoms with Gasteiger partial charge in [-0.05, 0) is 19.3 Å². The molecule has 1 aromatic heterocycles. The summed E-state index contributed by atoms with van der Waals surface area (Å²) in [7, 11) is 0. The number of carbonyl (C=O) groups is 1. The minimum atomic E-state index is -0.914. The summed E-state index contributed by atoms with van der Waals surface area (Å²) in [5.41, 5.74) is 6.41. The second-order valence-electron chi connectivity index (χ2n) is 4.57. The molecule has 1 atom stereocenters. The van der Waals surface area contributed by atoms with Crippen molar-refractivity contribution in [3.8, 4) is 0 Å². The van der Waals surface area contributed by atoms with Crippen molar-refractivity contribution in [1.82, 2.24) is 9.97 Å². The smallest absolute Gasteiger partial charge is 0.305 e. The van der Waals surface area contributed by atoms with Crippen LogP contribution in [0, 0.1) is 0 Å². The van der Waals surface area contributed by atoms with Gasteiger partial charge in [-0.2, -0.15) is 0 Å². The van der Waals surface area contributed by atoms with Gasteiger partial charge in [0.1, 0.15) is 0 Å². The maximum Gasteiger partial charge on any atom is 0.305 e. The van der Waals surface area contributed by atoms with Crippen molar-refractivity contribution < 1.29 is 9.90 Å². The Morgan fingerprint density at radius 1 is 1.33 bits per heavy atom. The Kier molecular flexibility index (Phi) is 4.09. The Balaban J connectivity index is 2.02. The summed E-state index contributed by atoms with van der Waals surface area (Å²) in [6.07, 6.45) is 6.76. The molecule has 0 aliphatic carbocycles. The van der Waals surface area contributed by atoms with E-state index in [-0.39, 0.29) is 6.42 Å². The van der Waals surface area contributed by atoms with Crippen LogP contribution >= 0.6 is 0 Å². The lowest BCUT2D eigenvalue weighted by Gasteiger charge is -2.26. The van der Waals surface area contributed by atoms with Gasteiger partial charge in [-0.3, -0.25) is 4.79 Å². The van der Waals surface area contributed by atoms with Crippen LogP contribution in [0.4, 0.5) is 5.95 Å². The highest BCUT2D eigenvalue weighted by Crippen LogP contribution is 2.17. The lowest BCUT2D eigenvalue weighted by Crippen LogP contribution is -2.31. The fourth-order valence-electron chi connectivity index (χ4n) is 2.09. The largest absolute Gasteiger partial charge is 0.481 e. The van der Waals surface area contributed by atoms with E-state index in [2.05, 4.69) is 14.9 Å². The lowest BCUT2D eigenvalue weighted by atomic mass is 10.1. The van der Waals surface area contributed by atoms with Crippen molar-refractivity contribution in [3.05, 3.63) is 18.0 Å². The second-order valence-corrected chi connectivity index (χ2v) is 4.57. The van der Waals surface area contributed by atoms with Crippen molar-refractivity contribution in [2.45, 2.75) is 31.7 Å². The first-order chi connectivity index (χ1) is 8.66. The normalized spacial score (nSPS) is 17.5. The van der Waals surface area contributed by atoms with Gasteiger partial charge in [0, 0.05) is 37.1 Å². The Morgan fingerprint density at radius 3 is 2.50 bits per heavy atom. The van der Waals surface area contributed by atoms with Crippen LogP contribution < -0.4 is 10.6 Å². The van der Waals surface area contributed by atoms with Crippen LogP contribution in [-0.2, 0) is 4.79 Å². The average molecular weight is 250 g/mol. The van der Waals surface area contributed by atoms with E-state index in [1.54, 1.807) is 12.4 Å². The Morgan fingerprint density at radius 2 is 1.94 bits per heavy atom. The molecule has 0 spiro atoms. The number of aliphatic carboxylic acids is 1. The van der Waals surface area contributed by atoms with Crippen molar-refractivity contribution in [2.24, 2.45) is 5.73 Å². The Bertz CT molecular complexity index is 401. The molecule has 0 aromatic carbocycles. The third-order valence-corrected chi connectivity index (χ3v) is 3.12. The number of carboxylic acids is 1. The monoisotopic (exact) mass is 250 g/mol. The topological polar surface area (TPSA) is 92.3 Å². The van der Waals surface area contributed by atoms with Gasteiger partial charge in [0.15, 0.2) is 0 Å². The molecule has 0 bridgehead atoms. The van der Waals surface area contributed by atoms with Crippen LogP contribution in [0.3, 0.4) is 0 Å². The zero-order valence-corrected chi connectivity index (χ0v) is 10.2. The zero-order valence-electron chi connectivity index (χ0n) is 10.2. The number of rotatable bonds is 4. The minimum absolute atomic E-state index is 0.105. The molecule has 3 N–H and O–H groups in total. The van der Waals surface area contributed by atoms with E-state index >= 15 is 0 Å². The molecule has 0 saturated carbocycles. The summed E-state index contributed by atoms with van der Waals surface area (Å²) in [6.45, 7) is 1.97. The fraction of sp³-hybridized carbons (Fsp3) is 0.583. The van der Waals surface area contributed by atoms with E-state index in [1.807, 2.05) is 0 Å². The SMILES string of the molecule is N[C@@H](CC(=O)O)c1cnc(N2CCCCC2)nc1. The minimum Gasteiger partial charge on any atom is -0.481 e. The summed E-state index contributed by atoms with van der Waals surface area (Å²) in [5.74, 6) is -0.205. The summed E-state index contributed by atoms with van der Waals surface area (Å²) in [4.78, 5) is 21.3. The molecule has 2 heterocycles. The number of hydrogen-bond donors (Lipinski definition) is 2. The van der Waals surface area contributed by atoms with E-state index in [0.717, 1.165) is 13.1 Å². The molecule has 6 heteroatoms. The van der Waals surface area contributed by atoms with Crippen molar-refractivity contribution in [3.63, 3.8) is 0 Å². The van der Waals surface area contributed by atoms with E-state index in [1.165, 1.54) is 19.3 Å². The molecule has 1 aliphatic heterocycles. The number of hydrogen-bond acceptors (Lipinski definition) is 5. The predicted molar refractivity (Wildman–Crippen MR) is 67.3 cm³/mol. The first-order valence-electron chi connectivity index (χ1n) is 6.21. The standard InChI is InChI=1S/C12H18N4O2/c13-10(6-11(17)18)9-7-14-12(15-8-9)16-4-2-1-3-5-16/h7-8,10H,1-6,13H2,(H,17,18)/t10-/m0/s1. The second kappa shape index (κ2) is 5.77. The predicted octanol–water partition coefficient (Wildman–Crippen LogP) is 0.941. The maximum absolute atomic E-state index is 10.6. The maximum atomic E-state index is 10.6. The van der Waals surface area contributed by atoms with Gasteiger partial charge in [-0.15, -0.1) is 0 Å². The molecule has 1 fully saturated rings. The summed E-state index contributed by atoms with van der Waals surface area (Å²) < 4.78 is 0. The Labute approximate surface area is 106 Å². The first-order valence-corrected chi connectivity index (χ1v) is 6.21. The number of nitrogens with zero attached hydrogens (tertiary/aromatic N) is 3. The van der Waals surface area contributed by atoms with Crippen molar-refractivity contribution >= 4 is 11.9 Å². The molecule has 6 nitrogen and oxygen atoms in total. The van der Waals surface area contributed by atoms with Gasteiger partial charge in [-0.1, -0.05) is 0 Å². The zero-order chi connectivity index (χ0) is 13.0. The molecule has 2 rings (SSSR count). The highest BCUT2D eigenvalue weighted by Gasteiger charge is 2.15. The molecule has 1 aromatic rings. The molecule has 1 aliphatic rings. The van der Waals surface area contributed by atoms with Gasteiger partial charge >= 0.3 is 5.97 Å². The van der Waals surface area contributed by atoms with Crippen LogP contribution in [0.1, 0.15) is 37.3 Å². The fourth-order valence-corrected chi connectivity index (χ4v) is 2.09. The summed E-state index contributed by atoms with van der Waals surface area (Å²) >= 11 is 0. The van der Waals surface area contributed by atoms with Gasteiger partial charge < -0.3 is 15.7 Å². The third-order valence-electron chi connectivity index (χ3n) is 3.12. The van der Waals surface area contributed by atoms with Crippen molar-refractivity contribution in [1.29, 1.82) is 0 Å². The van der Waals surface area contributed by atoms with Crippen LogP contribution in [0.2, 0.25) is 0 Å². The van der Waals surface area contributed by atoms with Gasteiger partial charge in [0.05, 0.1) is 6.42 Å². The number of piperidine rings is 1. The van der Waals surface area contributed by atoms with Gasteiger partial charge in [-0.25, -0.2) is 9.97 Å². The number of anilines is 1. The molecule has 0 radical (unpaired) electrons. The average Bonchev–Trinajstić information content (AvgIpc) is 2.39. The molecule has 98 valence electrons. The van der Waals surface area contributed by atoms with E-state index < -0.39 is 12.0 Å². The van der Waals surface area contributed by atoms with Crippen LogP contribution in [-0.4, -0.2) is 34.1 Å². The first kappa shape index (κ1) is 12.8. The lowest BCUT2D eigenvalue weighted by molar-refractivity contribution is -0.137. The van der Waals surface area contributed by atoms with Crippen molar-refractivity contribution in [2.75, 3.05) is 18.0 Å². The highest BCUT2D eigenvalue weighted by molar-refractivity contribution is 5.67. The number of aromatic nitrogens is 2. The highest BCUT2D eigenvalue weighted by atomic mass is 16.4. The van der Waals surface area contributed by atoms with E-state index in [4.69, 9.17) is 10.8 Å². The molecule has 0 unspecified atom stereocenters. The number of carboxylic acid groups (broad SMARTS) is 1. The van der Waals surface area contributed by atoms with E-state index in [9.17, 15) is 4.79 Å². The Hall–Kier alpha value is -1.69.